The predicted octanol–water partition coefficient (Wildman–Crippen LogP) is 0.168. The topological polar surface area (TPSA) is 72.5 Å². The molecule has 0 spiro atoms. The molecule has 72 valence electrons. The van der Waals surface area contributed by atoms with Gasteiger partial charge in [0, 0.05) is 12.9 Å². The van der Waals surface area contributed by atoms with Gasteiger partial charge in [0.05, 0.1) is 6.61 Å². The zero-order valence-corrected chi connectivity index (χ0v) is 7.97. The molecule has 0 heterocycles. The van der Waals surface area contributed by atoms with Crippen molar-refractivity contribution < 1.29 is 14.6 Å². The molecule has 5 heteroatoms. The first-order valence-electron chi connectivity index (χ1n) is 3.73. The predicted molar refractivity (Wildman–Crippen MR) is 49.4 cm³/mol. The molecular weight excluding hydrogens is 178 g/mol. The van der Waals surface area contributed by atoms with Crippen LogP contribution in [-0.2, 0) is 9.53 Å². The van der Waals surface area contributed by atoms with Crippen LogP contribution in [-0.4, -0.2) is 42.3 Å². The van der Waals surface area contributed by atoms with Crippen molar-refractivity contribution in [2.45, 2.75) is 12.5 Å². The summed E-state index contributed by atoms with van der Waals surface area (Å²) in [5, 5.41) is 8.43. The summed E-state index contributed by atoms with van der Waals surface area (Å²) < 4.78 is 4.83. The molecule has 0 aromatic heterocycles. The number of carboxylic acid groups (broad SMARTS) is 1. The summed E-state index contributed by atoms with van der Waals surface area (Å²) in [4.78, 5) is 10.3. The van der Waals surface area contributed by atoms with Crippen LogP contribution in [0.15, 0.2) is 0 Å². The minimum atomic E-state index is -0.928. The molecule has 4 nitrogen and oxygen atoms in total. The van der Waals surface area contributed by atoms with E-state index in [1.54, 1.807) is 18.9 Å². The molecule has 1 atom stereocenters. The summed E-state index contributed by atoms with van der Waals surface area (Å²) >= 11 is 1.66. The third-order valence-electron chi connectivity index (χ3n) is 1.32. The smallest absolute Gasteiger partial charge is 0.320 e. The number of carboxylic acids is 1. The Morgan fingerprint density at radius 2 is 2.33 bits per heavy atom. The number of aliphatic carboxylic acids is 1. The van der Waals surface area contributed by atoms with Gasteiger partial charge in [-0.2, -0.15) is 11.8 Å². The van der Waals surface area contributed by atoms with Gasteiger partial charge in [0.15, 0.2) is 0 Å². The first kappa shape index (κ1) is 11.7. The highest BCUT2D eigenvalue weighted by atomic mass is 32.2. The minimum absolute atomic E-state index is 0.518. The van der Waals surface area contributed by atoms with Gasteiger partial charge in [0.25, 0.3) is 0 Å². The van der Waals surface area contributed by atoms with Crippen molar-refractivity contribution in [1.29, 1.82) is 0 Å². The van der Waals surface area contributed by atoms with Crippen LogP contribution in [0.2, 0.25) is 0 Å². The minimum Gasteiger partial charge on any atom is -0.480 e. The van der Waals surface area contributed by atoms with Crippen LogP contribution >= 0.6 is 11.8 Å². The summed E-state index contributed by atoms with van der Waals surface area (Å²) in [6.45, 7) is 0.701. The summed E-state index contributed by atoms with van der Waals surface area (Å²) in [6.07, 6.45) is 0.518. The Bertz CT molecular complexity index is 132. The molecule has 0 fully saturated rings. The summed E-state index contributed by atoms with van der Waals surface area (Å²) in [7, 11) is 1.64. The largest absolute Gasteiger partial charge is 0.480 e. The maximum atomic E-state index is 10.3. The van der Waals surface area contributed by atoms with E-state index < -0.39 is 12.0 Å². The molecule has 0 aliphatic carbocycles. The van der Waals surface area contributed by atoms with Gasteiger partial charge in [-0.05, 0) is 12.2 Å². The van der Waals surface area contributed by atoms with E-state index in [0.717, 1.165) is 11.5 Å². The van der Waals surface area contributed by atoms with Crippen LogP contribution in [0.3, 0.4) is 0 Å². The number of rotatable bonds is 7. The van der Waals surface area contributed by atoms with E-state index in [2.05, 4.69) is 0 Å². The standard InChI is InChI=1S/C7H15NO3S/c1-11-3-5-12-4-2-6(8)7(9)10/h6H,2-5,8H2,1H3,(H,9,10). The average molecular weight is 193 g/mol. The fraction of sp³-hybridized carbons (Fsp3) is 0.857. The van der Waals surface area contributed by atoms with Gasteiger partial charge in [-0.1, -0.05) is 0 Å². The van der Waals surface area contributed by atoms with E-state index in [-0.39, 0.29) is 0 Å². The van der Waals surface area contributed by atoms with Gasteiger partial charge in [0.2, 0.25) is 0 Å². The number of hydrogen-bond acceptors (Lipinski definition) is 4. The van der Waals surface area contributed by atoms with Crippen molar-refractivity contribution in [2.75, 3.05) is 25.2 Å². The van der Waals surface area contributed by atoms with Crippen molar-refractivity contribution in [1.82, 2.24) is 0 Å². The number of thioether (sulfide) groups is 1. The monoisotopic (exact) mass is 193 g/mol. The Morgan fingerprint density at radius 3 is 2.83 bits per heavy atom. The summed E-state index contributed by atoms with van der Waals surface area (Å²) in [5.74, 6) is 0.738. The second kappa shape index (κ2) is 7.39. The van der Waals surface area contributed by atoms with E-state index in [1.165, 1.54) is 0 Å². The van der Waals surface area contributed by atoms with E-state index in [0.29, 0.717) is 13.0 Å². The first-order chi connectivity index (χ1) is 5.68. The Kier molecular flexibility index (Phi) is 7.23. The Morgan fingerprint density at radius 1 is 1.67 bits per heavy atom. The number of nitrogens with two attached hydrogens (primary N) is 1. The van der Waals surface area contributed by atoms with Gasteiger partial charge in [-0.3, -0.25) is 4.79 Å². The van der Waals surface area contributed by atoms with Crippen LogP contribution in [0.4, 0.5) is 0 Å². The number of hydrogen-bond donors (Lipinski definition) is 2. The molecule has 0 bridgehead atoms. The molecule has 0 aliphatic rings. The Hall–Kier alpha value is -0.260. The lowest BCUT2D eigenvalue weighted by atomic mass is 10.2. The molecule has 0 rings (SSSR count). The van der Waals surface area contributed by atoms with Crippen molar-refractivity contribution >= 4 is 17.7 Å². The van der Waals surface area contributed by atoms with Gasteiger partial charge in [0.1, 0.15) is 6.04 Å². The number of carbonyl (C=O) groups is 1. The fourth-order valence-corrected chi connectivity index (χ4v) is 1.49. The second-order valence-electron chi connectivity index (χ2n) is 2.34. The van der Waals surface area contributed by atoms with E-state index in [1.807, 2.05) is 0 Å². The molecule has 0 aliphatic heterocycles. The zero-order chi connectivity index (χ0) is 9.40. The molecule has 0 aromatic carbocycles. The third-order valence-corrected chi connectivity index (χ3v) is 2.30. The zero-order valence-electron chi connectivity index (χ0n) is 7.16. The van der Waals surface area contributed by atoms with Crippen molar-refractivity contribution in [3.05, 3.63) is 0 Å². The lowest BCUT2D eigenvalue weighted by Crippen LogP contribution is -2.30. The molecule has 1 unspecified atom stereocenters. The summed E-state index contributed by atoms with van der Waals surface area (Å²) in [5.41, 5.74) is 5.29. The second-order valence-corrected chi connectivity index (χ2v) is 3.56. The van der Waals surface area contributed by atoms with E-state index >= 15 is 0 Å². The molecule has 0 saturated carbocycles. The highest BCUT2D eigenvalue weighted by molar-refractivity contribution is 7.99. The SMILES string of the molecule is COCCSCCC(N)C(=O)O. The molecule has 12 heavy (non-hydrogen) atoms. The Balaban J connectivity index is 3.14. The molecule has 0 saturated heterocycles. The van der Waals surface area contributed by atoms with Gasteiger partial charge in [-0.25, -0.2) is 0 Å². The quantitative estimate of drug-likeness (QED) is 0.564. The third kappa shape index (κ3) is 6.45. The maximum Gasteiger partial charge on any atom is 0.320 e. The van der Waals surface area contributed by atoms with Gasteiger partial charge < -0.3 is 15.6 Å². The lowest BCUT2D eigenvalue weighted by Gasteiger charge is -2.04. The summed E-state index contributed by atoms with van der Waals surface area (Å²) in [6, 6.07) is -0.722. The molecule has 0 aromatic rings. The Labute approximate surface area is 76.5 Å². The van der Waals surface area contributed by atoms with Crippen molar-refractivity contribution in [3.8, 4) is 0 Å². The lowest BCUT2D eigenvalue weighted by molar-refractivity contribution is -0.138. The maximum absolute atomic E-state index is 10.3. The van der Waals surface area contributed by atoms with Crippen LogP contribution in [0, 0.1) is 0 Å². The highest BCUT2D eigenvalue weighted by Gasteiger charge is 2.09. The molecule has 0 amide bonds. The fourth-order valence-electron chi connectivity index (χ4n) is 0.578. The van der Waals surface area contributed by atoms with Gasteiger partial charge in [-0.15, -0.1) is 0 Å². The molecule has 0 radical (unpaired) electrons. The van der Waals surface area contributed by atoms with E-state index in [9.17, 15) is 4.79 Å². The molecule has 3 N–H and O–H groups in total. The average Bonchev–Trinajstić information content (AvgIpc) is 2.03. The highest BCUT2D eigenvalue weighted by Crippen LogP contribution is 2.03. The van der Waals surface area contributed by atoms with Gasteiger partial charge >= 0.3 is 5.97 Å². The number of methoxy groups -OCH3 is 1. The number of ether oxygens (including phenoxy) is 1. The van der Waals surface area contributed by atoms with Crippen LogP contribution in [0.1, 0.15) is 6.42 Å². The van der Waals surface area contributed by atoms with E-state index in [4.69, 9.17) is 15.6 Å². The first-order valence-corrected chi connectivity index (χ1v) is 4.89. The van der Waals surface area contributed by atoms with Crippen LogP contribution < -0.4 is 5.73 Å². The normalized spacial score (nSPS) is 12.8. The van der Waals surface area contributed by atoms with Crippen LogP contribution in [0.5, 0.6) is 0 Å². The van der Waals surface area contributed by atoms with Crippen molar-refractivity contribution in [3.63, 3.8) is 0 Å². The van der Waals surface area contributed by atoms with Crippen LogP contribution in [0.25, 0.3) is 0 Å². The molecular formula is C7H15NO3S. The van der Waals surface area contributed by atoms with Crippen molar-refractivity contribution in [2.24, 2.45) is 5.73 Å².